The van der Waals surface area contributed by atoms with E-state index in [4.69, 9.17) is 16.9 Å². The fourth-order valence-electron chi connectivity index (χ4n) is 2.09. The molecule has 2 aromatic rings. The van der Waals surface area contributed by atoms with Crippen LogP contribution in [0.5, 0.6) is 0 Å². The molecule has 0 saturated heterocycles. The average Bonchev–Trinajstić information content (AvgIpc) is 2.49. The van der Waals surface area contributed by atoms with E-state index in [0.717, 1.165) is 5.56 Å². The highest BCUT2D eigenvalue weighted by Crippen LogP contribution is 2.13. The Hall–Kier alpha value is -2.35. The molecule has 2 aromatic carbocycles. The van der Waals surface area contributed by atoms with Crippen molar-refractivity contribution in [2.75, 3.05) is 18.9 Å². The van der Waals surface area contributed by atoms with Gasteiger partial charge in [-0.05, 0) is 49.0 Å². The summed E-state index contributed by atoms with van der Waals surface area (Å²) in [5, 5.41) is 12.3. The number of carbonyl (C=O) groups is 1. The highest BCUT2D eigenvalue weighted by molar-refractivity contribution is 6.30. The van der Waals surface area contributed by atoms with Crippen molar-refractivity contribution in [3.05, 3.63) is 64.7 Å². The van der Waals surface area contributed by atoms with Gasteiger partial charge in [-0.25, -0.2) is 0 Å². The molecule has 2 rings (SSSR count). The van der Waals surface area contributed by atoms with Crippen LogP contribution in [0.2, 0.25) is 5.02 Å². The summed E-state index contributed by atoms with van der Waals surface area (Å²) in [6.07, 6.45) is 0. The lowest BCUT2D eigenvalue weighted by atomic mass is 10.1. The van der Waals surface area contributed by atoms with E-state index in [-0.39, 0.29) is 12.5 Å². The van der Waals surface area contributed by atoms with Crippen LogP contribution >= 0.6 is 11.6 Å². The number of nitrogens with zero attached hydrogens (tertiary/aromatic N) is 2. The number of benzene rings is 2. The first-order chi connectivity index (χ1) is 10.6. The van der Waals surface area contributed by atoms with Gasteiger partial charge in [0.25, 0.3) is 0 Å². The summed E-state index contributed by atoms with van der Waals surface area (Å²) in [6.45, 7) is 0.864. The molecule has 0 unspecified atom stereocenters. The second-order valence-electron chi connectivity index (χ2n) is 5.04. The number of nitriles is 1. The Morgan fingerprint density at radius 1 is 1.27 bits per heavy atom. The molecular formula is C17H16ClN3O. The number of hydrogen-bond donors (Lipinski definition) is 1. The van der Waals surface area contributed by atoms with Gasteiger partial charge >= 0.3 is 0 Å². The lowest BCUT2D eigenvalue weighted by molar-refractivity contribution is -0.117. The molecule has 22 heavy (non-hydrogen) atoms. The lowest BCUT2D eigenvalue weighted by Gasteiger charge is -2.16. The maximum atomic E-state index is 12.0. The highest BCUT2D eigenvalue weighted by Gasteiger charge is 2.08. The van der Waals surface area contributed by atoms with Gasteiger partial charge < -0.3 is 5.32 Å². The Kier molecular flexibility index (Phi) is 5.54. The van der Waals surface area contributed by atoms with Crippen LogP contribution in [-0.2, 0) is 11.3 Å². The zero-order chi connectivity index (χ0) is 15.9. The van der Waals surface area contributed by atoms with Gasteiger partial charge in [-0.2, -0.15) is 5.26 Å². The molecule has 0 saturated carbocycles. The molecule has 0 heterocycles. The minimum atomic E-state index is -0.0961. The van der Waals surface area contributed by atoms with E-state index in [1.165, 1.54) is 0 Å². The fourth-order valence-corrected chi connectivity index (χ4v) is 2.21. The van der Waals surface area contributed by atoms with Gasteiger partial charge in [0.1, 0.15) is 0 Å². The van der Waals surface area contributed by atoms with Crippen molar-refractivity contribution in [1.29, 1.82) is 5.26 Å². The van der Waals surface area contributed by atoms with Crippen molar-refractivity contribution in [2.45, 2.75) is 6.54 Å². The third kappa shape index (κ3) is 4.88. The van der Waals surface area contributed by atoms with Crippen LogP contribution in [0.1, 0.15) is 11.1 Å². The molecule has 0 atom stereocenters. The normalized spacial score (nSPS) is 10.3. The van der Waals surface area contributed by atoms with Crippen LogP contribution in [0.15, 0.2) is 48.5 Å². The van der Waals surface area contributed by atoms with E-state index >= 15 is 0 Å². The summed E-state index contributed by atoms with van der Waals surface area (Å²) in [4.78, 5) is 13.9. The predicted molar refractivity (Wildman–Crippen MR) is 87.6 cm³/mol. The minimum absolute atomic E-state index is 0.0961. The number of likely N-dealkylation sites (N-methyl/N-ethyl adjacent to an activating group) is 1. The van der Waals surface area contributed by atoms with Crippen molar-refractivity contribution in [1.82, 2.24) is 4.90 Å². The number of halogens is 1. The molecule has 4 nitrogen and oxygen atoms in total. The third-order valence-electron chi connectivity index (χ3n) is 3.05. The van der Waals surface area contributed by atoms with E-state index in [1.807, 2.05) is 30.1 Å². The number of carbonyl (C=O) groups excluding carboxylic acids is 1. The Bertz CT molecular complexity index is 692. The molecule has 0 bridgehead atoms. The first-order valence-electron chi connectivity index (χ1n) is 6.80. The molecule has 0 fully saturated rings. The summed E-state index contributed by atoms with van der Waals surface area (Å²) in [6, 6.07) is 16.5. The first kappa shape index (κ1) is 16.0. The molecule has 0 aliphatic heterocycles. The van der Waals surface area contributed by atoms with Gasteiger partial charge in [-0.3, -0.25) is 9.69 Å². The van der Waals surface area contributed by atoms with Crippen molar-refractivity contribution in [3.8, 4) is 6.07 Å². The van der Waals surface area contributed by atoms with Crippen LogP contribution in [0.25, 0.3) is 0 Å². The van der Waals surface area contributed by atoms with Crippen LogP contribution in [0.4, 0.5) is 5.69 Å². The number of anilines is 1. The standard InChI is InChI=1S/C17H16ClN3O/c1-21(11-14-4-2-3-13(9-14)10-19)12-17(22)20-16-7-5-15(18)6-8-16/h2-9H,11-12H2,1H3,(H,20,22). The second-order valence-corrected chi connectivity index (χ2v) is 5.48. The molecule has 112 valence electrons. The summed E-state index contributed by atoms with van der Waals surface area (Å²) in [5.74, 6) is -0.0961. The summed E-state index contributed by atoms with van der Waals surface area (Å²) < 4.78 is 0. The molecule has 0 spiro atoms. The number of rotatable bonds is 5. The monoisotopic (exact) mass is 313 g/mol. The molecular weight excluding hydrogens is 298 g/mol. The molecule has 0 aliphatic rings. The fraction of sp³-hybridized carbons (Fsp3) is 0.176. The van der Waals surface area contributed by atoms with Gasteiger partial charge in [-0.15, -0.1) is 0 Å². The van der Waals surface area contributed by atoms with Crippen LogP contribution in [-0.4, -0.2) is 24.4 Å². The van der Waals surface area contributed by atoms with Gasteiger partial charge in [0.15, 0.2) is 0 Å². The quantitative estimate of drug-likeness (QED) is 0.921. The van der Waals surface area contributed by atoms with Crippen LogP contribution in [0, 0.1) is 11.3 Å². The average molecular weight is 314 g/mol. The maximum Gasteiger partial charge on any atom is 0.238 e. The number of amides is 1. The predicted octanol–water partition coefficient (Wildman–Crippen LogP) is 3.28. The van der Waals surface area contributed by atoms with Gasteiger partial charge in [0, 0.05) is 17.3 Å². The minimum Gasteiger partial charge on any atom is -0.325 e. The van der Waals surface area contributed by atoms with Gasteiger partial charge in [0.2, 0.25) is 5.91 Å². The van der Waals surface area contributed by atoms with E-state index in [0.29, 0.717) is 22.8 Å². The zero-order valence-electron chi connectivity index (χ0n) is 12.2. The highest BCUT2D eigenvalue weighted by atomic mass is 35.5. The van der Waals surface area contributed by atoms with E-state index in [9.17, 15) is 4.79 Å². The van der Waals surface area contributed by atoms with Crippen LogP contribution in [0.3, 0.4) is 0 Å². The molecule has 5 heteroatoms. The van der Waals surface area contributed by atoms with Crippen LogP contribution < -0.4 is 5.32 Å². The van der Waals surface area contributed by atoms with Crippen molar-refractivity contribution in [3.63, 3.8) is 0 Å². The van der Waals surface area contributed by atoms with Crippen molar-refractivity contribution in [2.24, 2.45) is 0 Å². The molecule has 0 aliphatic carbocycles. The Morgan fingerprint density at radius 3 is 2.68 bits per heavy atom. The Balaban J connectivity index is 1.88. The largest absolute Gasteiger partial charge is 0.325 e. The molecule has 1 amide bonds. The summed E-state index contributed by atoms with van der Waals surface area (Å²) in [7, 11) is 1.86. The third-order valence-corrected chi connectivity index (χ3v) is 3.30. The van der Waals surface area contributed by atoms with E-state index < -0.39 is 0 Å². The van der Waals surface area contributed by atoms with E-state index in [2.05, 4.69) is 11.4 Å². The summed E-state index contributed by atoms with van der Waals surface area (Å²) in [5.41, 5.74) is 2.34. The van der Waals surface area contributed by atoms with Crippen molar-refractivity contribution >= 4 is 23.2 Å². The van der Waals surface area contributed by atoms with Gasteiger partial charge in [0.05, 0.1) is 18.2 Å². The molecule has 0 aromatic heterocycles. The smallest absolute Gasteiger partial charge is 0.238 e. The number of hydrogen-bond acceptors (Lipinski definition) is 3. The lowest BCUT2D eigenvalue weighted by Crippen LogP contribution is -2.29. The second kappa shape index (κ2) is 7.60. The molecule has 0 radical (unpaired) electrons. The first-order valence-corrected chi connectivity index (χ1v) is 7.17. The Labute approximate surface area is 134 Å². The SMILES string of the molecule is CN(CC(=O)Nc1ccc(Cl)cc1)Cc1cccc(C#N)c1. The Morgan fingerprint density at radius 2 is 2.00 bits per heavy atom. The molecule has 1 N–H and O–H groups in total. The van der Waals surface area contributed by atoms with E-state index in [1.54, 1.807) is 30.3 Å². The number of nitrogens with one attached hydrogen (secondary N) is 1. The summed E-state index contributed by atoms with van der Waals surface area (Å²) >= 11 is 5.80. The zero-order valence-corrected chi connectivity index (χ0v) is 13.0. The maximum absolute atomic E-state index is 12.0. The van der Waals surface area contributed by atoms with Gasteiger partial charge in [-0.1, -0.05) is 23.7 Å². The van der Waals surface area contributed by atoms with Crippen molar-refractivity contribution < 1.29 is 4.79 Å². The topological polar surface area (TPSA) is 56.1 Å².